The topological polar surface area (TPSA) is 32.8 Å². The van der Waals surface area contributed by atoms with Gasteiger partial charge < -0.3 is 9.64 Å². The van der Waals surface area contributed by atoms with Crippen molar-refractivity contribution in [2.24, 2.45) is 0 Å². The second kappa shape index (κ2) is 7.10. The van der Waals surface area contributed by atoms with Crippen molar-refractivity contribution < 1.29 is 9.53 Å². The maximum absolute atomic E-state index is 12.6. The van der Waals surface area contributed by atoms with E-state index in [0.717, 1.165) is 32.5 Å². The minimum absolute atomic E-state index is 0.341. The molecule has 0 spiro atoms. The third-order valence-electron chi connectivity index (χ3n) is 5.59. The number of carbonyl (C=O) groups excluding carboxylic acids is 1. The van der Waals surface area contributed by atoms with Gasteiger partial charge in [0.25, 0.3) is 0 Å². The quantitative estimate of drug-likeness (QED) is 0.780. The van der Waals surface area contributed by atoms with Gasteiger partial charge >= 0.3 is 0 Å². The second-order valence-electron chi connectivity index (χ2n) is 6.81. The summed E-state index contributed by atoms with van der Waals surface area (Å²) in [4.78, 5) is 17.4. The van der Waals surface area contributed by atoms with E-state index in [-0.39, 0.29) is 0 Å². The van der Waals surface area contributed by atoms with Gasteiger partial charge in [-0.15, -0.1) is 0 Å². The normalized spacial score (nSPS) is 34.0. The molecule has 3 atom stereocenters. The van der Waals surface area contributed by atoms with Gasteiger partial charge in [0.1, 0.15) is 0 Å². The van der Waals surface area contributed by atoms with Crippen LogP contribution in [0.5, 0.6) is 0 Å². The van der Waals surface area contributed by atoms with Gasteiger partial charge in [0.15, 0.2) is 0 Å². The minimum atomic E-state index is 0.341. The number of likely N-dealkylation sites (tertiary alicyclic amines) is 2. The molecule has 3 fully saturated rings. The van der Waals surface area contributed by atoms with Crippen LogP contribution in [0.15, 0.2) is 0 Å². The number of rotatable bonds is 5. The Morgan fingerprint density at radius 1 is 1.10 bits per heavy atom. The highest BCUT2D eigenvalue weighted by Crippen LogP contribution is 2.30. The van der Waals surface area contributed by atoms with E-state index in [1.54, 1.807) is 0 Å². The van der Waals surface area contributed by atoms with E-state index >= 15 is 0 Å². The van der Waals surface area contributed by atoms with Gasteiger partial charge in [-0.1, -0.05) is 6.92 Å². The predicted octanol–water partition coefficient (Wildman–Crippen LogP) is 2.42. The van der Waals surface area contributed by atoms with Crippen molar-refractivity contribution in [3.05, 3.63) is 0 Å². The van der Waals surface area contributed by atoms with Gasteiger partial charge in [-0.3, -0.25) is 9.69 Å². The van der Waals surface area contributed by atoms with Crippen LogP contribution in [0, 0.1) is 0 Å². The Bertz CT molecular complexity index is 355. The number of hydrogen-bond donors (Lipinski definition) is 0. The second-order valence-corrected chi connectivity index (χ2v) is 6.81. The Kier molecular flexibility index (Phi) is 5.17. The Balaban J connectivity index is 1.54. The highest BCUT2D eigenvalue weighted by molar-refractivity contribution is 5.77. The number of ether oxygens (including phenoxy) is 1. The van der Waals surface area contributed by atoms with Crippen molar-refractivity contribution in [3.63, 3.8) is 0 Å². The summed E-state index contributed by atoms with van der Waals surface area (Å²) < 4.78 is 5.65. The number of carbonyl (C=O) groups is 1. The maximum Gasteiger partial charge on any atom is 0.222 e. The molecule has 21 heavy (non-hydrogen) atoms. The van der Waals surface area contributed by atoms with Crippen molar-refractivity contribution in [1.82, 2.24) is 9.80 Å². The zero-order valence-corrected chi connectivity index (χ0v) is 13.4. The molecule has 0 aromatic rings. The third kappa shape index (κ3) is 3.42. The molecule has 4 heteroatoms. The fraction of sp³-hybridized carbons (Fsp3) is 0.941. The first kappa shape index (κ1) is 15.3. The fourth-order valence-corrected chi connectivity index (χ4v) is 4.48. The molecule has 0 saturated carbocycles. The molecule has 120 valence electrons. The van der Waals surface area contributed by atoms with Crippen LogP contribution in [-0.4, -0.2) is 60.1 Å². The number of hydrogen-bond acceptors (Lipinski definition) is 3. The Labute approximate surface area is 128 Å². The van der Waals surface area contributed by atoms with Gasteiger partial charge in [0, 0.05) is 31.7 Å². The summed E-state index contributed by atoms with van der Waals surface area (Å²) in [7, 11) is 0. The van der Waals surface area contributed by atoms with Crippen molar-refractivity contribution >= 4 is 5.91 Å². The zero-order valence-electron chi connectivity index (χ0n) is 13.4. The standard InChI is InChI=1S/C17H30N2O2/c1-2-18-11-3-7-15(18)16-8-4-12-19(16)17(20)10-9-14-6-5-13-21-14/h14-16H,2-13H2,1H3. The monoisotopic (exact) mass is 294 g/mol. The summed E-state index contributed by atoms with van der Waals surface area (Å²) in [5.41, 5.74) is 0. The average molecular weight is 294 g/mol. The Morgan fingerprint density at radius 3 is 2.67 bits per heavy atom. The molecule has 3 aliphatic rings. The van der Waals surface area contributed by atoms with E-state index in [0.29, 0.717) is 30.5 Å². The number of nitrogens with zero attached hydrogens (tertiary/aromatic N) is 2. The van der Waals surface area contributed by atoms with Crippen LogP contribution < -0.4 is 0 Å². The predicted molar refractivity (Wildman–Crippen MR) is 83.2 cm³/mol. The van der Waals surface area contributed by atoms with Crippen LogP contribution in [0.4, 0.5) is 0 Å². The van der Waals surface area contributed by atoms with Crippen LogP contribution in [0.3, 0.4) is 0 Å². The van der Waals surface area contributed by atoms with Gasteiger partial charge in [0.05, 0.1) is 6.10 Å². The average Bonchev–Trinajstić information content (AvgIpc) is 3.23. The van der Waals surface area contributed by atoms with E-state index in [1.165, 1.54) is 38.6 Å². The molecule has 3 rings (SSSR count). The molecule has 0 radical (unpaired) electrons. The lowest BCUT2D eigenvalue weighted by Crippen LogP contribution is -2.48. The van der Waals surface area contributed by atoms with E-state index in [9.17, 15) is 4.79 Å². The molecular formula is C17H30N2O2. The highest BCUT2D eigenvalue weighted by atomic mass is 16.5. The van der Waals surface area contributed by atoms with Crippen LogP contribution in [0.25, 0.3) is 0 Å². The van der Waals surface area contributed by atoms with Crippen LogP contribution in [-0.2, 0) is 9.53 Å². The SMILES string of the molecule is CCN1CCCC1C1CCCN1C(=O)CCC1CCCO1. The first-order valence-electron chi connectivity index (χ1n) is 8.94. The molecule has 3 saturated heterocycles. The van der Waals surface area contributed by atoms with Gasteiger partial charge in [-0.2, -0.15) is 0 Å². The molecule has 0 N–H and O–H groups in total. The summed E-state index contributed by atoms with van der Waals surface area (Å²) in [6, 6.07) is 1.09. The van der Waals surface area contributed by atoms with Gasteiger partial charge in [0.2, 0.25) is 5.91 Å². The summed E-state index contributed by atoms with van der Waals surface area (Å²) in [6.45, 7) is 6.45. The molecule has 0 aromatic carbocycles. The van der Waals surface area contributed by atoms with Crippen LogP contribution in [0.1, 0.15) is 58.3 Å². The summed E-state index contributed by atoms with van der Waals surface area (Å²) in [5.74, 6) is 0.371. The number of amides is 1. The zero-order chi connectivity index (χ0) is 14.7. The lowest BCUT2D eigenvalue weighted by molar-refractivity contribution is -0.133. The largest absolute Gasteiger partial charge is 0.378 e. The first-order valence-corrected chi connectivity index (χ1v) is 8.94. The van der Waals surface area contributed by atoms with Crippen LogP contribution in [0.2, 0.25) is 0 Å². The van der Waals surface area contributed by atoms with E-state index in [1.807, 2.05) is 0 Å². The van der Waals surface area contributed by atoms with E-state index < -0.39 is 0 Å². The lowest BCUT2D eigenvalue weighted by Gasteiger charge is -2.34. The van der Waals surface area contributed by atoms with Crippen molar-refractivity contribution in [1.29, 1.82) is 0 Å². The van der Waals surface area contributed by atoms with Crippen molar-refractivity contribution in [2.45, 2.75) is 76.5 Å². The molecule has 4 nitrogen and oxygen atoms in total. The van der Waals surface area contributed by atoms with Crippen molar-refractivity contribution in [2.75, 3.05) is 26.2 Å². The lowest BCUT2D eigenvalue weighted by atomic mass is 10.0. The third-order valence-corrected chi connectivity index (χ3v) is 5.59. The molecule has 0 bridgehead atoms. The molecular weight excluding hydrogens is 264 g/mol. The molecule has 3 heterocycles. The Morgan fingerprint density at radius 2 is 1.90 bits per heavy atom. The first-order chi connectivity index (χ1) is 10.3. The summed E-state index contributed by atoms with van der Waals surface area (Å²) >= 11 is 0. The smallest absolute Gasteiger partial charge is 0.222 e. The summed E-state index contributed by atoms with van der Waals surface area (Å²) in [6.07, 6.45) is 9.21. The fourth-order valence-electron chi connectivity index (χ4n) is 4.48. The summed E-state index contributed by atoms with van der Waals surface area (Å²) in [5, 5.41) is 0. The van der Waals surface area contributed by atoms with Gasteiger partial charge in [-0.05, 0) is 58.0 Å². The number of likely N-dealkylation sites (N-methyl/N-ethyl adjacent to an activating group) is 1. The van der Waals surface area contributed by atoms with Crippen molar-refractivity contribution in [3.8, 4) is 0 Å². The highest BCUT2D eigenvalue weighted by Gasteiger charge is 2.38. The Hall–Kier alpha value is -0.610. The van der Waals surface area contributed by atoms with Crippen LogP contribution >= 0.6 is 0 Å². The molecule has 0 aromatic heterocycles. The molecule has 3 unspecified atom stereocenters. The van der Waals surface area contributed by atoms with E-state index in [2.05, 4.69) is 16.7 Å². The molecule has 1 amide bonds. The minimum Gasteiger partial charge on any atom is -0.378 e. The maximum atomic E-state index is 12.6. The molecule has 3 aliphatic heterocycles. The van der Waals surface area contributed by atoms with Gasteiger partial charge in [-0.25, -0.2) is 0 Å². The van der Waals surface area contributed by atoms with E-state index in [4.69, 9.17) is 4.74 Å². The molecule has 0 aliphatic carbocycles.